The Labute approximate surface area is 140 Å². The Balaban J connectivity index is 2.67. The van der Waals surface area contributed by atoms with Gasteiger partial charge in [-0.15, -0.1) is 0 Å². The Bertz CT molecular complexity index is 536. The van der Waals surface area contributed by atoms with Gasteiger partial charge < -0.3 is 14.4 Å². The number of hydrogen-bond acceptors (Lipinski definition) is 4. The number of hydrogen-bond donors (Lipinski definition) is 0. The summed E-state index contributed by atoms with van der Waals surface area (Å²) in [6, 6.07) is 4.79. The summed E-state index contributed by atoms with van der Waals surface area (Å²) in [4.78, 5) is 25.0. The molecule has 0 N–H and O–H groups in total. The van der Waals surface area contributed by atoms with Gasteiger partial charge in [-0.2, -0.15) is 0 Å². The van der Waals surface area contributed by atoms with Gasteiger partial charge in [-0.3, -0.25) is 9.59 Å². The number of nitrogens with zero attached hydrogens (tertiary/aromatic N) is 1. The fourth-order valence-electron chi connectivity index (χ4n) is 1.82. The van der Waals surface area contributed by atoms with E-state index in [1.165, 1.54) is 12.0 Å². The van der Waals surface area contributed by atoms with Crippen molar-refractivity contribution in [3.63, 3.8) is 0 Å². The van der Waals surface area contributed by atoms with E-state index < -0.39 is 6.10 Å². The second kappa shape index (κ2) is 8.86. The Morgan fingerprint density at radius 2 is 2.00 bits per heavy atom. The van der Waals surface area contributed by atoms with Crippen molar-refractivity contribution in [1.82, 2.24) is 4.90 Å². The lowest BCUT2D eigenvalue weighted by Gasteiger charge is -2.24. The van der Waals surface area contributed by atoms with Gasteiger partial charge in [0.25, 0.3) is 5.91 Å². The molecule has 0 heterocycles. The highest BCUT2D eigenvalue weighted by molar-refractivity contribution is 6.35. The summed E-state index contributed by atoms with van der Waals surface area (Å²) in [7, 11) is 1.31. The van der Waals surface area contributed by atoms with E-state index in [1.54, 1.807) is 25.1 Å². The second-order valence-corrected chi connectivity index (χ2v) is 5.42. The summed E-state index contributed by atoms with van der Waals surface area (Å²) < 4.78 is 10.1. The highest BCUT2D eigenvalue weighted by Crippen LogP contribution is 2.28. The van der Waals surface area contributed by atoms with E-state index in [4.69, 9.17) is 27.9 Å². The minimum Gasteiger partial charge on any atom is -0.479 e. The lowest BCUT2D eigenvalue weighted by molar-refractivity contribution is -0.143. The fraction of sp³-hybridized carbons (Fsp3) is 0.467. The Hall–Kier alpha value is -1.46. The summed E-state index contributed by atoms with van der Waals surface area (Å²) in [5.41, 5.74) is 0. The summed E-state index contributed by atoms with van der Waals surface area (Å²) in [6.45, 7) is 4.22. The van der Waals surface area contributed by atoms with Gasteiger partial charge in [0.05, 0.1) is 18.6 Å². The second-order valence-electron chi connectivity index (χ2n) is 4.58. The van der Waals surface area contributed by atoms with Crippen molar-refractivity contribution in [2.24, 2.45) is 0 Å². The molecule has 7 heteroatoms. The molecule has 1 atom stereocenters. The molecular weight excluding hydrogens is 329 g/mol. The molecule has 22 heavy (non-hydrogen) atoms. The van der Waals surface area contributed by atoms with E-state index in [-0.39, 0.29) is 24.8 Å². The zero-order valence-corrected chi connectivity index (χ0v) is 14.3. The Morgan fingerprint density at radius 3 is 2.55 bits per heavy atom. The third kappa shape index (κ3) is 5.39. The van der Waals surface area contributed by atoms with Crippen molar-refractivity contribution >= 4 is 35.1 Å². The number of ether oxygens (including phenoxy) is 2. The molecule has 0 radical (unpaired) electrons. The van der Waals surface area contributed by atoms with Crippen LogP contribution in [0.4, 0.5) is 0 Å². The number of benzene rings is 1. The van der Waals surface area contributed by atoms with E-state index in [1.807, 2.05) is 6.92 Å². The number of carbonyl (C=O) groups excluding carboxylic acids is 2. The largest absolute Gasteiger partial charge is 0.479 e. The maximum absolute atomic E-state index is 12.3. The summed E-state index contributed by atoms with van der Waals surface area (Å²) in [5.74, 6) is -0.200. The van der Waals surface area contributed by atoms with Crippen LogP contribution in [0.2, 0.25) is 10.0 Å². The Morgan fingerprint density at radius 1 is 1.32 bits per heavy atom. The van der Waals surface area contributed by atoms with Crippen LogP contribution in [0.1, 0.15) is 20.3 Å². The number of amides is 1. The number of rotatable bonds is 7. The van der Waals surface area contributed by atoms with E-state index in [2.05, 4.69) is 4.74 Å². The van der Waals surface area contributed by atoms with Gasteiger partial charge in [0.1, 0.15) is 5.75 Å². The number of methoxy groups -OCH3 is 1. The SMILES string of the molecule is CCN(CCC(=O)OC)C(=O)[C@@H](C)Oc1ccc(Cl)cc1Cl. The van der Waals surface area contributed by atoms with Crippen LogP contribution < -0.4 is 4.74 Å². The predicted molar refractivity (Wildman–Crippen MR) is 85.4 cm³/mol. The van der Waals surface area contributed by atoms with E-state index in [0.29, 0.717) is 22.3 Å². The number of likely N-dealkylation sites (N-methyl/N-ethyl adjacent to an activating group) is 1. The van der Waals surface area contributed by atoms with Crippen LogP contribution >= 0.6 is 23.2 Å². The molecule has 0 aliphatic carbocycles. The topological polar surface area (TPSA) is 55.8 Å². The summed E-state index contributed by atoms with van der Waals surface area (Å²) in [6.07, 6.45) is -0.582. The monoisotopic (exact) mass is 347 g/mol. The van der Waals surface area contributed by atoms with Crippen LogP contribution in [0.3, 0.4) is 0 Å². The maximum Gasteiger partial charge on any atom is 0.307 e. The molecule has 0 spiro atoms. The van der Waals surface area contributed by atoms with Crippen LogP contribution in [0.25, 0.3) is 0 Å². The van der Waals surface area contributed by atoms with Gasteiger partial charge >= 0.3 is 5.97 Å². The van der Waals surface area contributed by atoms with Crippen molar-refractivity contribution in [2.45, 2.75) is 26.4 Å². The maximum atomic E-state index is 12.3. The first-order valence-corrected chi connectivity index (χ1v) is 7.62. The molecule has 0 saturated heterocycles. The first-order valence-electron chi connectivity index (χ1n) is 6.86. The van der Waals surface area contributed by atoms with Crippen molar-refractivity contribution in [3.8, 4) is 5.75 Å². The molecule has 0 aliphatic heterocycles. The first-order chi connectivity index (χ1) is 10.4. The lowest BCUT2D eigenvalue weighted by Crippen LogP contribution is -2.41. The van der Waals surface area contributed by atoms with Crippen LogP contribution in [0, 0.1) is 0 Å². The third-order valence-corrected chi connectivity index (χ3v) is 3.58. The van der Waals surface area contributed by atoms with Gasteiger partial charge in [0.15, 0.2) is 6.10 Å². The molecule has 1 rings (SSSR count). The van der Waals surface area contributed by atoms with E-state index >= 15 is 0 Å². The minimum absolute atomic E-state index is 0.143. The average Bonchev–Trinajstić information content (AvgIpc) is 2.49. The number of esters is 1. The van der Waals surface area contributed by atoms with Crippen LogP contribution in [0.5, 0.6) is 5.75 Å². The van der Waals surface area contributed by atoms with Gasteiger partial charge in [-0.1, -0.05) is 23.2 Å². The van der Waals surface area contributed by atoms with Crippen LogP contribution in [0.15, 0.2) is 18.2 Å². The molecule has 1 aromatic carbocycles. The molecule has 0 aliphatic rings. The number of carbonyl (C=O) groups is 2. The normalized spacial score (nSPS) is 11.7. The standard InChI is InChI=1S/C15H19Cl2NO4/c1-4-18(8-7-14(19)21-3)15(20)10(2)22-13-6-5-11(16)9-12(13)17/h5-6,9-10H,4,7-8H2,1-3H3/t10-/m1/s1. The molecule has 0 bridgehead atoms. The van der Waals surface area contributed by atoms with E-state index in [9.17, 15) is 9.59 Å². The van der Waals surface area contributed by atoms with Crippen molar-refractivity contribution < 1.29 is 19.1 Å². The summed E-state index contributed by atoms with van der Waals surface area (Å²) >= 11 is 11.8. The van der Waals surface area contributed by atoms with Crippen molar-refractivity contribution in [3.05, 3.63) is 28.2 Å². The van der Waals surface area contributed by atoms with Gasteiger partial charge in [0.2, 0.25) is 0 Å². The van der Waals surface area contributed by atoms with Crippen LogP contribution in [-0.4, -0.2) is 43.1 Å². The smallest absolute Gasteiger partial charge is 0.307 e. The molecule has 5 nitrogen and oxygen atoms in total. The minimum atomic E-state index is -0.726. The van der Waals surface area contributed by atoms with E-state index in [0.717, 1.165) is 0 Å². The predicted octanol–water partition coefficient (Wildman–Crippen LogP) is 3.17. The fourth-order valence-corrected chi connectivity index (χ4v) is 2.27. The quantitative estimate of drug-likeness (QED) is 0.711. The van der Waals surface area contributed by atoms with Gasteiger partial charge in [0, 0.05) is 18.1 Å². The highest BCUT2D eigenvalue weighted by Gasteiger charge is 2.22. The zero-order chi connectivity index (χ0) is 16.7. The zero-order valence-electron chi connectivity index (χ0n) is 12.8. The highest BCUT2D eigenvalue weighted by atomic mass is 35.5. The summed E-state index contributed by atoms with van der Waals surface area (Å²) in [5, 5.41) is 0.828. The number of halogens is 2. The molecule has 0 unspecified atom stereocenters. The third-order valence-electron chi connectivity index (χ3n) is 3.05. The molecule has 1 aromatic rings. The van der Waals surface area contributed by atoms with Crippen molar-refractivity contribution in [2.75, 3.05) is 20.2 Å². The van der Waals surface area contributed by atoms with Gasteiger partial charge in [-0.25, -0.2) is 0 Å². The average molecular weight is 348 g/mol. The molecular formula is C15H19Cl2NO4. The Kier molecular flexibility index (Phi) is 7.48. The molecule has 0 aromatic heterocycles. The molecule has 1 amide bonds. The van der Waals surface area contributed by atoms with Crippen LogP contribution in [-0.2, 0) is 14.3 Å². The first kappa shape index (κ1) is 18.6. The molecule has 122 valence electrons. The lowest BCUT2D eigenvalue weighted by atomic mass is 10.3. The molecule has 0 saturated carbocycles. The molecule has 0 fully saturated rings. The van der Waals surface area contributed by atoms with Crippen molar-refractivity contribution in [1.29, 1.82) is 0 Å². The van der Waals surface area contributed by atoms with Gasteiger partial charge in [-0.05, 0) is 32.0 Å².